The van der Waals surface area contributed by atoms with Gasteiger partial charge >= 0.3 is 0 Å². The van der Waals surface area contributed by atoms with Gasteiger partial charge in [-0.1, -0.05) is 24.3 Å². The van der Waals surface area contributed by atoms with E-state index < -0.39 is 0 Å². The Morgan fingerprint density at radius 3 is 2.36 bits per heavy atom. The summed E-state index contributed by atoms with van der Waals surface area (Å²) in [5, 5.41) is 11.4. The Bertz CT molecular complexity index is 801. The number of hydrogen-bond acceptors (Lipinski definition) is 6. The van der Waals surface area contributed by atoms with Crippen molar-refractivity contribution < 1.29 is 24.2 Å². The molecule has 148 valence electrons. The van der Waals surface area contributed by atoms with Gasteiger partial charge in [0, 0.05) is 36.9 Å². The van der Waals surface area contributed by atoms with Crippen LogP contribution in [0.1, 0.15) is 56.5 Å². The van der Waals surface area contributed by atoms with Gasteiger partial charge in [0.25, 0.3) is 5.91 Å². The molecule has 0 radical (unpaired) electrons. The lowest BCUT2D eigenvalue weighted by Gasteiger charge is -2.07. The molecule has 0 spiro atoms. The highest BCUT2D eigenvalue weighted by Crippen LogP contribution is 2.09. The number of Topliss-reactive ketones (excluding diaryl/α,β-unsaturated/α-hetero) is 2. The maximum absolute atomic E-state index is 12.1. The second-order valence-corrected chi connectivity index (χ2v) is 6.23. The van der Waals surface area contributed by atoms with E-state index in [1.165, 1.54) is 19.2 Å². The Morgan fingerprint density at radius 1 is 1.04 bits per heavy atom. The number of carbonyl (C=O) groups is 3. The van der Waals surface area contributed by atoms with E-state index in [1.54, 1.807) is 30.3 Å². The molecule has 2 N–H and O–H groups in total. The Morgan fingerprint density at radius 2 is 1.75 bits per heavy atom. The number of nitrogens with zero attached hydrogens (tertiary/aromatic N) is 1. The minimum Gasteiger partial charge on any atom is -0.394 e. The molecule has 0 unspecified atom stereocenters. The van der Waals surface area contributed by atoms with Crippen molar-refractivity contribution in [3.63, 3.8) is 0 Å². The maximum atomic E-state index is 12.1. The quantitative estimate of drug-likeness (QED) is 0.454. The van der Waals surface area contributed by atoms with Gasteiger partial charge in [-0.25, -0.2) is 0 Å². The average Bonchev–Trinajstić information content (AvgIpc) is 2.72. The number of ether oxygens (including phenoxy) is 1. The molecule has 0 fully saturated rings. The zero-order chi connectivity index (χ0) is 20.4. The largest absolute Gasteiger partial charge is 0.394 e. The van der Waals surface area contributed by atoms with Gasteiger partial charge in [-0.3, -0.25) is 19.4 Å². The second-order valence-electron chi connectivity index (χ2n) is 6.23. The van der Waals surface area contributed by atoms with Crippen molar-refractivity contribution in [3.8, 4) is 0 Å². The van der Waals surface area contributed by atoms with Crippen molar-refractivity contribution in [1.82, 2.24) is 10.3 Å². The van der Waals surface area contributed by atoms with Crippen LogP contribution in [0.25, 0.3) is 0 Å². The number of ketones is 2. The van der Waals surface area contributed by atoms with Crippen LogP contribution in [0.15, 0.2) is 42.6 Å². The molecule has 7 nitrogen and oxygen atoms in total. The predicted octanol–water partition coefficient (Wildman–Crippen LogP) is 2.19. The molecule has 1 aromatic carbocycles. The summed E-state index contributed by atoms with van der Waals surface area (Å²) in [6.07, 6.45) is 2.36. The molecule has 7 heteroatoms. The standard InChI is InChI=1S/C21H24N2O5/c1-15(25)18-8-9-19(22-14-18)21(27)23-13-16-4-6-17(7-5-16)20(26)3-2-11-28-12-10-24/h4-9,14,24H,2-3,10-13H2,1H3,(H,23,27). The summed E-state index contributed by atoms with van der Waals surface area (Å²) < 4.78 is 5.13. The molecule has 0 bridgehead atoms. The zero-order valence-corrected chi connectivity index (χ0v) is 15.8. The number of nitrogens with one attached hydrogen (secondary N) is 1. The number of carbonyl (C=O) groups excluding carboxylic acids is 3. The average molecular weight is 384 g/mol. The van der Waals surface area contributed by atoms with E-state index in [0.717, 1.165) is 5.56 Å². The predicted molar refractivity (Wildman–Crippen MR) is 103 cm³/mol. The lowest BCUT2D eigenvalue weighted by molar-refractivity contribution is 0.0832. The molecular formula is C21H24N2O5. The summed E-state index contributed by atoms with van der Waals surface area (Å²) in [5.74, 6) is -0.414. The fourth-order valence-corrected chi connectivity index (χ4v) is 2.46. The lowest BCUT2D eigenvalue weighted by atomic mass is 10.0. The topological polar surface area (TPSA) is 106 Å². The molecule has 0 aliphatic rings. The van der Waals surface area contributed by atoms with Gasteiger partial charge in [0.2, 0.25) is 0 Å². The first-order chi connectivity index (χ1) is 13.5. The van der Waals surface area contributed by atoms with E-state index in [-0.39, 0.29) is 36.4 Å². The molecule has 0 atom stereocenters. The number of aromatic nitrogens is 1. The third kappa shape index (κ3) is 6.68. The van der Waals surface area contributed by atoms with E-state index in [2.05, 4.69) is 10.3 Å². The van der Waals surface area contributed by atoms with Crippen LogP contribution in [0.2, 0.25) is 0 Å². The second kappa shape index (κ2) is 11.1. The summed E-state index contributed by atoms with van der Waals surface area (Å²) in [7, 11) is 0. The summed E-state index contributed by atoms with van der Waals surface area (Å²) >= 11 is 0. The van der Waals surface area contributed by atoms with E-state index in [0.29, 0.717) is 37.1 Å². The number of amides is 1. The number of aliphatic hydroxyl groups is 1. The minimum atomic E-state index is -0.335. The first kappa shape index (κ1) is 21.4. The molecule has 28 heavy (non-hydrogen) atoms. The Hall–Kier alpha value is -2.90. The number of aliphatic hydroxyl groups excluding tert-OH is 1. The molecule has 0 saturated heterocycles. The normalized spacial score (nSPS) is 10.5. The summed E-state index contributed by atoms with van der Waals surface area (Å²) in [4.78, 5) is 39.5. The fraction of sp³-hybridized carbons (Fsp3) is 0.333. The van der Waals surface area contributed by atoms with Crippen molar-refractivity contribution in [1.29, 1.82) is 0 Å². The third-order valence-corrected chi connectivity index (χ3v) is 4.06. The van der Waals surface area contributed by atoms with E-state index in [9.17, 15) is 14.4 Å². The first-order valence-corrected chi connectivity index (χ1v) is 9.07. The van der Waals surface area contributed by atoms with Crippen LogP contribution in [0.3, 0.4) is 0 Å². The van der Waals surface area contributed by atoms with Gasteiger partial charge in [0.05, 0.1) is 13.2 Å². The summed E-state index contributed by atoms with van der Waals surface area (Å²) in [6, 6.07) is 10.1. The maximum Gasteiger partial charge on any atom is 0.270 e. The van der Waals surface area contributed by atoms with Gasteiger partial charge in [-0.2, -0.15) is 0 Å². The van der Waals surface area contributed by atoms with Gasteiger partial charge in [-0.05, 0) is 31.0 Å². The van der Waals surface area contributed by atoms with Crippen LogP contribution in [0.5, 0.6) is 0 Å². The van der Waals surface area contributed by atoms with Gasteiger partial charge in [0.1, 0.15) is 5.69 Å². The molecule has 2 rings (SSSR count). The van der Waals surface area contributed by atoms with Gasteiger partial charge < -0.3 is 15.2 Å². The van der Waals surface area contributed by atoms with Gasteiger partial charge in [-0.15, -0.1) is 0 Å². The van der Waals surface area contributed by atoms with Crippen molar-refractivity contribution in [2.75, 3.05) is 19.8 Å². The highest BCUT2D eigenvalue weighted by atomic mass is 16.5. The van der Waals surface area contributed by atoms with Crippen molar-refractivity contribution in [2.24, 2.45) is 0 Å². The van der Waals surface area contributed by atoms with E-state index in [1.807, 2.05) is 0 Å². The van der Waals surface area contributed by atoms with Crippen LogP contribution in [-0.4, -0.2) is 47.4 Å². The number of benzene rings is 1. The Labute approximate surface area is 163 Å². The van der Waals surface area contributed by atoms with Crippen molar-refractivity contribution in [2.45, 2.75) is 26.3 Å². The molecule has 1 amide bonds. The van der Waals surface area contributed by atoms with E-state index >= 15 is 0 Å². The lowest BCUT2D eigenvalue weighted by Crippen LogP contribution is -2.23. The van der Waals surface area contributed by atoms with E-state index in [4.69, 9.17) is 9.84 Å². The molecule has 2 aromatic rings. The molecule has 0 aliphatic heterocycles. The highest BCUT2D eigenvalue weighted by molar-refractivity contribution is 5.96. The zero-order valence-electron chi connectivity index (χ0n) is 15.8. The molecule has 1 heterocycles. The van der Waals surface area contributed by atoms with Crippen LogP contribution < -0.4 is 5.32 Å². The van der Waals surface area contributed by atoms with Crippen LogP contribution in [0.4, 0.5) is 0 Å². The van der Waals surface area contributed by atoms with Crippen molar-refractivity contribution in [3.05, 3.63) is 65.0 Å². The van der Waals surface area contributed by atoms with Crippen LogP contribution in [-0.2, 0) is 11.3 Å². The Balaban J connectivity index is 1.81. The Kier molecular flexibility index (Phi) is 8.45. The van der Waals surface area contributed by atoms with Gasteiger partial charge in [0.15, 0.2) is 11.6 Å². The monoisotopic (exact) mass is 384 g/mol. The minimum absolute atomic E-state index is 0.0221. The fourth-order valence-electron chi connectivity index (χ4n) is 2.46. The third-order valence-electron chi connectivity index (χ3n) is 4.06. The molecule has 1 aromatic heterocycles. The number of pyridine rings is 1. The van der Waals surface area contributed by atoms with Crippen LogP contribution >= 0.6 is 0 Å². The summed E-state index contributed by atoms with van der Waals surface area (Å²) in [6.45, 7) is 2.45. The number of rotatable bonds is 11. The number of hydrogen-bond donors (Lipinski definition) is 2. The summed E-state index contributed by atoms with van der Waals surface area (Å²) in [5.41, 5.74) is 2.16. The molecular weight excluding hydrogens is 360 g/mol. The molecule has 0 aliphatic carbocycles. The smallest absolute Gasteiger partial charge is 0.270 e. The molecule has 0 saturated carbocycles. The first-order valence-electron chi connectivity index (χ1n) is 9.07. The van der Waals surface area contributed by atoms with Crippen molar-refractivity contribution >= 4 is 17.5 Å². The van der Waals surface area contributed by atoms with Crippen LogP contribution in [0, 0.1) is 0 Å². The SMILES string of the molecule is CC(=O)c1ccc(C(=O)NCc2ccc(C(=O)CCCOCCO)cc2)nc1. The highest BCUT2D eigenvalue weighted by Gasteiger charge is 2.09.